The van der Waals surface area contributed by atoms with Gasteiger partial charge in [0.2, 0.25) is 0 Å². The molecule has 0 saturated heterocycles. The number of phenolic OH excluding ortho intramolecular Hbond substituents is 2. The molecule has 0 radical (unpaired) electrons. The van der Waals surface area contributed by atoms with Crippen LogP contribution in [0.4, 0.5) is 5.69 Å². The van der Waals surface area contributed by atoms with Crippen LogP contribution in [0.5, 0.6) is 28.7 Å². The summed E-state index contributed by atoms with van der Waals surface area (Å²) in [4.78, 5) is 16.3. The third-order valence-electron chi connectivity index (χ3n) is 7.98. The zero-order valence-corrected chi connectivity index (χ0v) is 25.7. The summed E-state index contributed by atoms with van der Waals surface area (Å²) in [6.07, 6.45) is 3.98. The molecule has 0 bridgehead atoms. The third-order valence-corrected chi connectivity index (χ3v) is 7.98. The number of hydrogen-bond donors (Lipinski definition) is 2. The highest BCUT2D eigenvalue weighted by atomic mass is 16.5. The number of phenols is 2. The number of hydrogen-bond acceptors (Lipinski definition) is 6. The molecule has 7 heteroatoms. The molecule has 0 spiro atoms. The lowest BCUT2D eigenvalue weighted by Gasteiger charge is -2.18. The molecule has 2 N–H and O–H groups in total. The van der Waals surface area contributed by atoms with E-state index in [-0.39, 0.29) is 17.4 Å². The van der Waals surface area contributed by atoms with Gasteiger partial charge in [-0.3, -0.25) is 4.79 Å². The summed E-state index contributed by atoms with van der Waals surface area (Å²) in [5.41, 5.74) is 7.10. The molecule has 1 aliphatic heterocycles. The average Bonchev–Trinajstić information content (AvgIpc) is 3.35. The molecule has 0 atom stereocenters. The lowest BCUT2D eigenvalue weighted by Crippen LogP contribution is -2.26. The number of carbonyl (C=O) groups excluding carboxylic acids is 1. The van der Waals surface area contributed by atoms with E-state index < -0.39 is 0 Å². The summed E-state index contributed by atoms with van der Waals surface area (Å²) in [6.45, 7) is 0.360. The molecule has 0 saturated carbocycles. The Labute approximate surface area is 267 Å². The molecule has 0 aliphatic carbocycles. The minimum Gasteiger partial charge on any atom is -0.508 e. The number of anilines is 1. The third kappa shape index (κ3) is 6.03. The van der Waals surface area contributed by atoms with Crippen molar-refractivity contribution in [1.29, 1.82) is 0 Å². The summed E-state index contributed by atoms with van der Waals surface area (Å²) in [5.74, 6) is 2.13. The second-order valence-corrected chi connectivity index (χ2v) is 10.8. The molecule has 0 unspecified atom stereocenters. The highest BCUT2D eigenvalue weighted by molar-refractivity contribution is 6.39. The summed E-state index contributed by atoms with van der Waals surface area (Å²) < 4.78 is 16.2. The number of benzene rings is 5. The topological polar surface area (TPSA) is 88.5 Å². The van der Waals surface area contributed by atoms with E-state index in [1.165, 1.54) is 0 Å². The smallest absolute Gasteiger partial charge is 0.259 e. The van der Waals surface area contributed by atoms with Crippen LogP contribution in [-0.4, -0.2) is 37.4 Å². The van der Waals surface area contributed by atoms with Gasteiger partial charge in [0.1, 0.15) is 17.2 Å². The standard InChI is InChI=1S/C39H33NO6/c1-44-32-18-6-27(7-19-32)24-40-34-20-8-25(4-5-26-9-21-35(45-2)36(23-26)46-3)22-33(34)38(39(40)43)37(28-10-14-30(41)15-11-28)29-12-16-31(42)17-13-29/h4-23,41-42H,24H2,1-3H3/b5-4+. The lowest BCUT2D eigenvalue weighted by molar-refractivity contribution is -0.113. The van der Waals surface area contributed by atoms with Gasteiger partial charge in [0.05, 0.1) is 39.1 Å². The van der Waals surface area contributed by atoms with E-state index in [0.717, 1.165) is 44.8 Å². The van der Waals surface area contributed by atoms with E-state index in [1.807, 2.05) is 72.8 Å². The minimum atomic E-state index is -0.150. The zero-order valence-electron chi connectivity index (χ0n) is 25.7. The maximum Gasteiger partial charge on any atom is 0.259 e. The van der Waals surface area contributed by atoms with Crippen molar-refractivity contribution in [3.63, 3.8) is 0 Å². The quantitative estimate of drug-likeness (QED) is 0.131. The van der Waals surface area contributed by atoms with Gasteiger partial charge < -0.3 is 29.3 Å². The van der Waals surface area contributed by atoms with Gasteiger partial charge in [0.15, 0.2) is 11.5 Å². The summed E-state index contributed by atoms with van der Waals surface area (Å²) in [5, 5.41) is 20.1. The van der Waals surface area contributed by atoms with Gasteiger partial charge in [0, 0.05) is 11.1 Å². The SMILES string of the molecule is COc1ccc(CN2C(=O)C(=C(c3ccc(O)cc3)c3ccc(O)cc3)c3cc(/C=C/c4ccc(OC)c(OC)c4)ccc32)cc1. The molecule has 0 aromatic heterocycles. The molecule has 0 fully saturated rings. The van der Waals surface area contributed by atoms with Crippen molar-refractivity contribution in [3.8, 4) is 28.7 Å². The maximum atomic E-state index is 14.5. The fourth-order valence-corrected chi connectivity index (χ4v) is 5.63. The second-order valence-electron chi connectivity index (χ2n) is 10.8. The van der Waals surface area contributed by atoms with E-state index in [4.69, 9.17) is 14.2 Å². The van der Waals surface area contributed by atoms with Crippen molar-refractivity contribution in [2.24, 2.45) is 0 Å². The summed E-state index contributed by atoms with van der Waals surface area (Å²) in [6, 6.07) is 33.0. The summed E-state index contributed by atoms with van der Waals surface area (Å²) >= 11 is 0. The Morgan fingerprint density at radius 1 is 0.652 bits per heavy atom. The van der Waals surface area contributed by atoms with Crippen molar-refractivity contribution in [2.45, 2.75) is 6.54 Å². The fraction of sp³-hybridized carbons (Fsp3) is 0.103. The fourth-order valence-electron chi connectivity index (χ4n) is 5.63. The normalized spacial score (nSPS) is 12.4. The Morgan fingerprint density at radius 2 is 1.22 bits per heavy atom. The number of fused-ring (bicyclic) bond motifs is 1. The van der Waals surface area contributed by atoms with Crippen molar-refractivity contribution in [2.75, 3.05) is 26.2 Å². The summed E-state index contributed by atoms with van der Waals surface area (Å²) in [7, 11) is 4.83. The van der Waals surface area contributed by atoms with Crippen LogP contribution in [0.15, 0.2) is 109 Å². The van der Waals surface area contributed by atoms with Crippen LogP contribution in [0, 0.1) is 0 Å². The Kier molecular flexibility index (Phi) is 8.48. The van der Waals surface area contributed by atoms with Gasteiger partial charge in [-0.25, -0.2) is 0 Å². The first-order valence-electron chi connectivity index (χ1n) is 14.7. The monoisotopic (exact) mass is 611 g/mol. The highest BCUT2D eigenvalue weighted by Gasteiger charge is 2.35. The Hall–Kier alpha value is -5.95. The van der Waals surface area contributed by atoms with Crippen LogP contribution in [0.3, 0.4) is 0 Å². The largest absolute Gasteiger partial charge is 0.508 e. The van der Waals surface area contributed by atoms with Gasteiger partial charge in [0.25, 0.3) is 5.91 Å². The first-order chi connectivity index (χ1) is 22.4. The van der Waals surface area contributed by atoms with Crippen molar-refractivity contribution in [3.05, 3.63) is 143 Å². The Bertz CT molecular complexity index is 1890. The van der Waals surface area contributed by atoms with Crippen LogP contribution < -0.4 is 19.1 Å². The number of aromatic hydroxyl groups is 2. The molecule has 7 nitrogen and oxygen atoms in total. The van der Waals surface area contributed by atoms with Crippen LogP contribution in [0.25, 0.3) is 23.3 Å². The number of carbonyl (C=O) groups is 1. The van der Waals surface area contributed by atoms with Crippen LogP contribution in [-0.2, 0) is 11.3 Å². The maximum absolute atomic E-state index is 14.5. The molecule has 6 rings (SSSR count). The Morgan fingerprint density at radius 3 is 1.78 bits per heavy atom. The van der Waals surface area contributed by atoms with Crippen molar-refractivity contribution < 1.29 is 29.2 Å². The van der Waals surface area contributed by atoms with E-state index in [2.05, 4.69) is 0 Å². The number of nitrogens with zero attached hydrogens (tertiary/aromatic N) is 1. The number of amides is 1. The van der Waals surface area contributed by atoms with E-state index in [1.54, 1.807) is 74.8 Å². The highest BCUT2D eigenvalue weighted by Crippen LogP contribution is 2.45. The van der Waals surface area contributed by atoms with Crippen molar-refractivity contribution in [1.82, 2.24) is 0 Å². The molecule has 1 aliphatic rings. The average molecular weight is 612 g/mol. The molecule has 46 heavy (non-hydrogen) atoms. The molecular formula is C39H33NO6. The lowest BCUT2D eigenvalue weighted by atomic mass is 9.89. The van der Waals surface area contributed by atoms with Crippen LogP contribution >= 0.6 is 0 Å². The van der Waals surface area contributed by atoms with Gasteiger partial charge in [-0.05, 0) is 88.5 Å². The molecule has 5 aromatic rings. The van der Waals surface area contributed by atoms with Gasteiger partial charge in [-0.2, -0.15) is 0 Å². The molecule has 1 amide bonds. The van der Waals surface area contributed by atoms with E-state index in [0.29, 0.717) is 29.2 Å². The minimum absolute atomic E-state index is 0.126. The van der Waals surface area contributed by atoms with E-state index in [9.17, 15) is 15.0 Å². The molecule has 5 aromatic carbocycles. The predicted molar refractivity (Wildman–Crippen MR) is 181 cm³/mol. The van der Waals surface area contributed by atoms with Crippen LogP contribution in [0.2, 0.25) is 0 Å². The Balaban J connectivity index is 1.51. The molecule has 1 heterocycles. The van der Waals surface area contributed by atoms with Crippen LogP contribution in [0.1, 0.15) is 33.4 Å². The number of ether oxygens (including phenoxy) is 3. The predicted octanol–water partition coefficient (Wildman–Crippen LogP) is 7.80. The second kappa shape index (κ2) is 13.0. The molecule has 230 valence electrons. The van der Waals surface area contributed by atoms with Crippen molar-refractivity contribution >= 4 is 34.9 Å². The van der Waals surface area contributed by atoms with Gasteiger partial charge >= 0.3 is 0 Å². The van der Waals surface area contributed by atoms with Gasteiger partial charge in [-0.15, -0.1) is 0 Å². The van der Waals surface area contributed by atoms with Gasteiger partial charge in [-0.1, -0.05) is 60.7 Å². The first-order valence-corrected chi connectivity index (χ1v) is 14.7. The van der Waals surface area contributed by atoms with E-state index >= 15 is 0 Å². The zero-order chi connectivity index (χ0) is 32.2. The molecular weight excluding hydrogens is 578 g/mol. The number of rotatable bonds is 9. The number of methoxy groups -OCH3 is 3. The first kappa shape index (κ1) is 30.1.